The quantitative estimate of drug-likeness (QED) is 0.701. The topological polar surface area (TPSA) is 42.2 Å². The lowest BCUT2D eigenvalue weighted by molar-refractivity contribution is 0.0926. The van der Waals surface area contributed by atoms with E-state index in [4.69, 9.17) is 4.42 Å². The lowest BCUT2D eigenvalue weighted by Gasteiger charge is -2.21. The number of rotatable bonds is 2. The fourth-order valence-electron chi connectivity index (χ4n) is 1.68. The fourth-order valence-corrected chi connectivity index (χ4v) is 1.68. The second-order valence-corrected chi connectivity index (χ2v) is 3.38. The minimum atomic E-state index is 0.00588. The molecule has 70 valence electrons. The molecule has 2 heterocycles. The molecule has 1 aliphatic heterocycles. The summed E-state index contributed by atoms with van der Waals surface area (Å²) in [6.45, 7) is 0.953. The molecule has 0 spiro atoms. The molecule has 1 fully saturated rings. The van der Waals surface area contributed by atoms with E-state index in [0.717, 1.165) is 19.4 Å². The lowest BCUT2D eigenvalue weighted by Crippen LogP contribution is -2.40. The highest BCUT2D eigenvalue weighted by Gasteiger charge is 2.22. The van der Waals surface area contributed by atoms with E-state index >= 15 is 0 Å². The van der Waals surface area contributed by atoms with E-state index in [1.54, 1.807) is 6.07 Å². The van der Waals surface area contributed by atoms with Crippen LogP contribution in [0.3, 0.4) is 0 Å². The van der Waals surface area contributed by atoms with E-state index in [-0.39, 0.29) is 11.8 Å². The predicted molar refractivity (Wildman–Crippen MR) is 48.7 cm³/mol. The first kappa shape index (κ1) is 8.51. The third-order valence-corrected chi connectivity index (χ3v) is 2.43. The van der Waals surface area contributed by atoms with Crippen molar-refractivity contribution < 1.29 is 9.21 Å². The molecule has 3 heteroatoms. The molecule has 1 unspecified atom stereocenters. The third kappa shape index (κ3) is 1.80. The number of Topliss-reactive ketones (excluding diaryl/α,β-unsaturated/α-hetero) is 1. The lowest BCUT2D eigenvalue weighted by atomic mass is 9.98. The van der Waals surface area contributed by atoms with Gasteiger partial charge in [0.1, 0.15) is 6.26 Å². The Balaban J connectivity index is 2.04. The van der Waals surface area contributed by atoms with Gasteiger partial charge in [-0.1, -0.05) is 6.42 Å². The van der Waals surface area contributed by atoms with Crippen LogP contribution in [0.5, 0.6) is 0 Å². The Morgan fingerprint density at radius 2 is 2.46 bits per heavy atom. The molecule has 0 aromatic carbocycles. The molecule has 1 aliphatic rings. The zero-order chi connectivity index (χ0) is 9.10. The van der Waals surface area contributed by atoms with Crippen LogP contribution in [0.4, 0.5) is 0 Å². The summed E-state index contributed by atoms with van der Waals surface area (Å²) in [6, 6.07) is 1.73. The number of ketones is 1. The van der Waals surface area contributed by atoms with Crippen molar-refractivity contribution in [1.82, 2.24) is 5.32 Å². The average Bonchev–Trinajstić information content (AvgIpc) is 2.71. The molecule has 1 saturated heterocycles. The number of furan rings is 1. The van der Waals surface area contributed by atoms with E-state index in [1.165, 1.54) is 18.9 Å². The van der Waals surface area contributed by atoms with Crippen molar-refractivity contribution in [3.8, 4) is 0 Å². The van der Waals surface area contributed by atoms with Crippen LogP contribution in [0.2, 0.25) is 0 Å². The molecular formula is C10H13NO2. The summed E-state index contributed by atoms with van der Waals surface area (Å²) in [7, 11) is 0. The van der Waals surface area contributed by atoms with Crippen LogP contribution in [0.25, 0.3) is 0 Å². The predicted octanol–water partition coefficient (Wildman–Crippen LogP) is 1.60. The number of hydrogen-bond acceptors (Lipinski definition) is 3. The number of carbonyl (C=O) groups is 1. The summed E-state index contributed by atoms with van der Waals surface area (Å²) in [5.74, 6) is 0.161. The SMILES string of the molecule is O=C(c1ccoc1)C1CCCCN1. The number of carbonyl (C=O) groups excluding carboxylic acids is 1. The van der Waals surface area contributed by atoms with Crippen molar-refractivity contribution in [1.29, 1.82) is 0 Å². The molecule has 0 aliphatic carbocycles. The largest absolute Gasteiger partial charge is 0.472 e. The Bertz CT molecular complexity index is 273. The summed E-state index contributed by atoms with van der Waals surface area (Å²) < 4.78 is 4.88. The van der Waals surface area contributed by atoms with Gasteiger partial charge in [-0.25, -0.2) is 0 Å². The number of hydrogen-bond donors (Lipinski definition) is 1. The maximum atomic E-state index is 11.7. The van der Waals surface area contributed by atoms with Crippen molar-refractivity contribution >= 4 is 5.78 Å². The molecule has 0 amide bonds. The van der Waals surface area contributed by atoms with Crippen LogP contribution in [0.1, 0.15) is 29.6 Å². The Morgan fingerprint density at radius 3 is 3.08 bits per heavy atom. The molecule has 2 rings (SSSR count). The number of piperidine rings is 1. The Labute approximate surface area is 77.1 Å². The molecule has 1 N–H and O–H groups in total. The second kappa shape index (κ2) is 3.75. The monoisotopic (exact) mass is 179 g/mol. The van der Waals surface area contributed by atoms with Gasteiger partial charge in [-0.3, -0.25) is 4.79 Å². The summed E-state index contributed by atoms with van der Waals surface area (Å²) in [6.07, 6.45) is 6.31. The van der Waals surface area contributed by atoms with Crippen molar-refractivity contribution in [3.05, 3.63) is 24.2 Å². The smallest absolute Gasteiger partial charge is 0.182 e. The summed E-state index contributed by atoms with van der Waals surface area (Å²) in [5, 5.41) is 3.22. The second-order valence-electron chi connectivity index (χ2n) is 3.38. The van der Waals surface area contributed by atoms with E-state index in [1.807, 2.05) is 0 Å². The van der Waals surface area contributed by atoms with Gasteiger partial charge in [-0.15, -0.1) is 0 Å². The van der Waals surface area contributed by atoms with Gasteiger partial charge in [0.05, 0.1) is 17.9 Å². The highest BCUT2D eigenvalue weighted by molar-refractivity contribution is 5.99. The van der Waals surface area contributed by atoms with Crippen LogP contribution in [-0.4, -0.2) is 18.4 Å². The van der Waals surface area contributed by atoms with Gasteiger partial charge >= 0.3 is 0 Å². The van der Waals surface area contributed by atoms with Crippen LogP contribution in [-0.2, 0) is 0 Å². The van der Waals surface area contributed by atoms with E-state index in [9.17, 15) is 4.79 Å². The fraction of sp³-hybridized carbons (Fsp3) is 0.500. The van der Waals surface area contributed by atoms with Gasteiger partial charge in [0.2, 0.25) is 0 Å². The third-order valence-electron chi connectivity index (χ3n) is 2.43. The van der Waals surface area contributed by atoms with Crippen LogP contribution < -0.4 is 5.32 Å². The van der Waals surface area contributed by atoms with Crippen molar-refractivity contribution in [2.45, 2.75) is 25.3 Å². The molecule has 0 radical (unpaired) electrons. The van der Waals surface area contributed by atoms with Gasteiger partial charge in [-0.2, -0.15) is 0 Å². The first-order valence-corrected chi connectivity index (χ1v) is 4.68. The minimum absolute atomic E-state index is 0.00588. The molecule has 1 atom stereocenters. The molecule has 13 heavy (non-hydrogen) atoms. The normalized spacial score (nSPS) is 22.9. The van der Waals surface area contributed by atoms with Gasteiger partial charge in [0, 0.05) is 0 Å². The highest BCUT2D eigenvalue weighted by Crippen LogP contribution is 2.12. The van der Waals surface area contributed by atoms with Crippen molar-refractivity contribution in [3.63, 3.8) is 0 Å². The minimum Gasteiger partial charge on any atom is -0.472 e. The van der Waals surface area contributed by atoms with Gasteiger partial charge in [-0.05, 0) is 25.5 Å². The Hall–Kier alpha value is -1.09. The standard InChI is InChI=1S/C10H13NO2/c12-10(8-4-6-13-7-8)9-3-1-2-5-11-9/h4,6-7,9,11H,1-3,5H2. The van der Waals surface area contributed by atoms with Gasteiger partial charge in [0.15, 0.2) is 5.78 Å². The summed E-state index contributed by atoms with van der Waals surface area (Å²) in [4.78, 5) is 11.7. The highest BCUT2D eigenvalue weighted by atomic mass is 16.3. The van der Waals surface area contributed by atoms with Crippen molar-refractivity contribution in [2.75, 3.05) is 6.54 Å². The zero-order valence-electron chi connectivity index (χ0n) is 7.45. The maximum absolute atomic E-state index is 11.7. The summed E-state index contributed by atoms with van der Waals surface area (Å²) in [5.41, 5.74) is 0.680. The molecule has 0 saturated carbocycles. The molecule has 0 bridgehead atoms. The Kier molecular flexibility index (Phi) is 2.45. The average molecular weight is 179 g/mol. The maximum Gasteiger partial charge on any atom is 0.182 e. The first-order chi connectivity index (χ1) is 6.38. The van der Waals surface area contributed by atoms with Gasteiger partial charge < -0.3 is 9.73 Å². The van der Waals surface area contributed by atoms with Gasteiger partial charge in [0.25, 0.3) is 0 Å². The number of nitrogens with one attached hydrogen (secondary N) is 1. The van der Waals surface area contributed by atoms with Crippen LogP contribution >= 0.6 is 0 Å². The first-order valence-electron chi connectivity index (χ1n) is 4.68. The van der Waals surface area contributed by atoms with E-state index < -0.39 is 0 Å². The summed E-state index contributed by atoms with van der Waals surface area (Å²) >= 11 is 0. The van der Waals surface area contributed by atoms with Crippen molar-refractivity contribution in [2.24, 2.45) is 0 Å². The molecular weight excluding hydrogens is 166 g/mol. The molecule has 3 nitrogen and oxygen atoms in total. The zero-order valence-corrected chi connectivity index (χ0v) is 7.45. The molecule has 1 aromatic heterocycles. The van der Waals surface area contributed by atoms with E-state index in [0.29, 0.717) is 5.56 Å². The van der Waals surface area contributed by atoms with E-state index in [2.05, 4.69) is 5.32 Å². The van der Waals surface area contributed by atoms with Crippen LogP contribution in [0.15, 0.2) is 23.0 Å². The van der Waals surface area contributed by atoms with Crippen LogP contribution in [0, 0.1) is 0 Å². The Morgan fingerprint density at radius 1 is 1.54 bits per heavy atom. The molecule has 1 aromatic rings.